The SMILES string of the molecule is N=C(N)C(N)=CO. The lowest BCUT2D eigenvalue weighted by atomic mass is 10.5. The fraction of sp³-hybridized carbons (Fsp3) is 0. The van der Waals surface area contributed by atoms with Crippen LogP contribution in [0.25, 0.3) is 0 Å². The van der Waals surface area contributed by atoms with Crippen molar-refractivity contribution in [2.75, 3.05) is 0 Å². The summed E-state index contributed by atoms with van der Waals surface area (Å²) in [5, 5.41) is 14.5. The first-order chi connectivity index (χ1) is 3.18. The average Bonchev–Trinajstić information content (AvgIpc) is 1.65. The normalized spacial score (nSPS) is 11.1. The summed E-state index contributed by atoms with van der Waals surface area (Å²) in [5.74, 6) is -0.317. The molecule has 0 saturated carbocycles. The van der Waals surface area contributed by atoms with Crippen LogP contribution in [-0.2, 0) is 0 Å². The fourth-order valence-electron chi connectivity index (χ4n) is 0.0695. The summed E-state index contributed by atoms with van der Waals surface area (Å²) in [6.45, 7) is 0. The maximum absolute atomic E-state index is 8.00. The third-order valence-electron chi connectivity index (χ3n) is 0.450. The molecular weight excluding hydrogens is 94.1 g/mol. The monoisotopic (exact) mass is 101 g/mol. The lowest BCUT2D eigenvalue weighted by Crippen LogP contribution is -2.18. The number of hydrogen-bond donors (Lipinski definition) is 4. The molecule has 0 unspecified atom stereocenters. The molecule has 0 aliphatic carbocycles. The van der Waals surface area contributed by atoms with E-state index in [1.54, 1.807) is 0 Å². The van der Waals surface area contributed by atoms with Crippen molar-refractivity contribution in [3.63, 3.8) is 0 Å². The van der Waals surface area contributed by atoms with Crippen molar-refractivity contribution >= 4 is 5.84 Å². The molecule has 0 aromatic heterocycles. The van der Waals surface area contributed by atoms with E-state index in [0.717, 1.165) is 0 Å². The summed E-state index contributed by atoms with van der Waals surface area (Å²) in [5.41, 5.74) is 9.54. The second-order valence-corrected chi connectivity index (χ2v) is 0.998. The molecule has 7 heavy (non-hydrogen) atoms. The van der Waals surface area contributed by atoms with Crippen LogP contribution in [0.3, 0.4) is 0 Å². The third-order valence-corrected chi connectivity index (χ3v) is 0.450. The van der Waals surface area contributed by atoms with Gasteiger partial charge in [-0.25, -0.2) is 0 Å². The van der Waals surface area contributed by atoms with E-state index in [1.807, 2.05) is 0 Å². The molecule has 40 valence electrons. The van der Waals surface area contributed by atoms with Gasteiger partial charge in [0.15, 0.2) is 0 Å². The predicted octanol–water partition coefficient (Wildman–Crippen LogP) is -0.720. The zero-order valence-electron chi connectivity index (χ0n) is 3.68. The van der Waals surface area contributed by atoms with Gasteiger partial charge in [-0.2, -0.15) is 0 Å². The summed E-state index contributed by atoms with van der Waals surface area (Å²) in [6.07, 6.45) is 0.586. The molecule has 4 heteroatoms. The van der Waals surface area contributed by atoms with Gasteiger partial charge in [0, 0.05) is 0 Å². The Morgan fingerprint density at radius 1 is 1.57 bits per heavy atom. The first-order valence-electron chi connectivity index (χ1n) is 1.62. The van der Waals surface area contributed by atoms with E-state index in [-0.39, 0.29) is 11.5 Å². The van der Waals surface area contributed by atoms with Crippen LogP contribution in [0.2, 0.25) is 0 Å². The third kappa shape index (κ3) is 1.64. The Morgan fingerprint density at radius 2 is 2.00 bits per heavy atom. The highest BCUT2D eigenvalue weighted by molar-refractivity contribution is 5.92. The molecule has 0 amide bonds. The number of aliphatic hydroxyl groups excluding tert-OH is 1. The number of nitrogens with two attached hydrogens (primary N) is 2. The zero-order valence-corrected chi connectivity index (χ0v) is 3.68. The maximum Gasteiger partial charge on any atom is 0.142 e. The van der Waals surface area contributed by atoms with Gasteiger partial charge in [0.2, 0.25) is 0 Å². The molecule has 0 bridgehead atoms. The minimum atomic E-state index is -0.317. The van der Waals surface area contributed by atoms with Gasteiger partial charge in [0.1, 0.15) is 17.8 Å². The Kier molecular flexibility index (Phi) is 1.72. The van der Waals surface area contributed by atoms with Crippen molar-refractivity contribution in [1.82, 2.24) is 0 Å². The predicted molar refractivity (Wildman–Crippen MR) is 26.8 cm³/mol. The smallest absolute Gasteiger partial charge is 0.142 e. The molecule has 6 N–H and O–H groups in total. The minimum Gasteiger partial charge on any atom is -0.513 e. The van der Waals surface area contributed by atoms with Crippen molar-refractivity contribution in [3.8, 4) is 0 Å². The quantitative estimate of drug-likeness (QED) is 0.199. The van der Waals surface area contributed by atoms with E-state index in [1.165, 1.54) is 0 Å². The molecule has 4 nitrogen and oxygen atoms in total. The Morgan fingerprint density at radius 3 is 2.00 bits per heavy atom. The molecule has 0 saturated heterocycles. The highest BCUT2D eigenvalue weighted by atomic mass is 16.2. The lowest BCUT2D eigenvalue weighted by Gasteiger charge is -1.89. The summed E-state index contributed by atoms with van der Waals surface area (Å²) in [4.78, 5) is 0. The van der Waals surface area contributed by atoms with Crippen LogP contribution in [0.5, 0.6) is 0 Å². The molecule has 0 aromatic rings. The number of nitrogens with one attached hydrogen (secondary N) is 1. The van der Waals surface area contributed by atoms with Crippen molar-refractivity contribution in [3.05, 3.63) is 12.0 Å². The second kappa shape index (κ2) is 2.07. The lowest BCUT2D eigenvalue weighted by molar-refractivity contribution is 0.469. The molecule has 0 aliphatic rings. The van der Waals surface area contributed by atoms with Gasteiger partial charge in [-0.1, -0.05) is 0 Å². The summed E-state index contributed by atoms with van der Waals surface area (Å²) >= 11 is 0. The molecule has 0 heterocycles. The Bertz CT molecular complexity index is 107. The summed E-state index contributed by atoms with van der Waals surface area (Å²) in [7, 11) is 0. The van der Waals surface area contributed by atoms with E-state index in [4.69, 9.17) is 22.0 Å². The highest BCUT2D eigenvalue weighted by Crippen LogP contribution is 1.73. The number of hydrogen-bond acceptors (Lipinski definition) is 3. The van der Waals surface area contributed by atoms with E-state index < -0.39 is 0 Å². The van der Waals surface area contributed by atoms with E-state index in [0.29, 0.717) is 6.26 Å². The minimum absolute atomic E-state index is 0.111. The van der Waals surface area contributed by atoms with Crippen LogP contribution in [0.15, 0.2) is 12.0 Å². The van der Waals surface area contributed by atoms with Gasteiger partial charge in [-0.05, 0) is 0 Å². The topological polar surface area (TPSA) is 96.1 Å². The van der Waals surface area contributed by atoms with Crippen molar-refractivity contribution in [2.45, 2.75) is 0 Å². The molecule has 0 spiro atoms. The number of amidine groups is 1. The zero-order chi connectivity index (χ0) is 5.86. The first kappa shape index (κ1) is 5.81. The summed E-state index contributed by atoms with van der Waals surface area (Å²) < 4.78 is 0. The van der Waals surface area contributed by atoms with Crippen LogP contribution >= 0.6 is 0 Å². The molecule has 0 aliphatic heterocycles. The van der Waals surface area contributed by atoms with E-state index in [9.17, 15) is 0 Å². The largest absolute Gasteiger partial charge is 0.513 e. The Hall–Kier alpha value is -1.19. The molecular formula is C3H7N3O. The van der Waals surface area contributed by atoms with Gasteiger partial charge in [0.25, 0.3) is 0 Å². The first-order valence-corrected chi connectivity index (χ1v) is 1.62. The molecule has 0 aromatic carbocycles. The van der Waals surface area contributed by atoms with Crippen molar-refractivity contribution < 1.29 is 5.11 Å². The second-order valence-electron chi connectivity index (χ2n) is 0.998. The van der Waals surface area contributed by atoms with Gasteiger partial charge in [-0.3, -0.25) is 5.41 Å². The van der Waals surface area contributed by atoms with Crippen LogP contribution in [-0.4, -0.2) is 10.9 Å². The molecule has 0 radical (unpaired) electrons. The van der Waals surface area contributed by atoms with Crippen LogP contribution in [0, 0.1) is 5.41 Å². The maximum atomic E-state index is 8.00. The molecule has 0 atom stereocenters. The van der Waals surface area contributed by atoms with E-state index in [2.05, 4.69) is 0 Å². The number of rotatable bonds is 1. The summed E-state index contributed by atoms with van der Waals surface area (Å²) in [6, 6.07) is 0. The van der Waals surface area contributed by atoms with Gasteiger partial charge < -0.3 is 16.6 Å². The van der Waals surface area contributed by atoms with Crippen molar-refractivity contribution in [2.24, 2.45) is 11.5 Å². The molecule has 0 rings (SSSR count). The van der Waals surface area contributed by atoms with Gasteiger partial charge >= 0.3 is 0 Å². The average molecular weight is 101 g/mol. The fourth-order valence-corrected chi connectivity index (χ4v) is 0.0695. The molecule has 0 fully saturated rings. The Balaban J connectivity index is 3.82. The highest BCUT2D eigenvalue weighted by Gasteiger charge is 1.87. The Labute approximate surface area is 40.9 Å². The number of aliphatic hydroxyl groups is 1. The van der Waals surface area contributed by atoms with Gasteiger partial charge in [-0.15, -0.1) is 0 Å². The van der Waals surface area contributed by atoms with Crippen LogP contribution in [0.4, 0.5) is 0 Å². The van der Waals surface area contributed by atoms with E-state index >= 15 is 0 Å². The standard InChI is InChI=1S/C3H7N3O/c4-2(1-7)3(5)6/h1,7H,4H2,(H3,5,6). The van der Waals surface area contributed by atoms with Crippen LogP contribution < -0.4 is 11.5 Å². The van der Waals surface area contributed by atoms with Crippen LogP contribution in [0.1, 0.15) is 0 Å². The van der Waals surface area contributed by atoms with Gasteiger partial charge in [0.05, 0.1) is 0 Å². The van der Waals surface area contributed by atoms with Crippen molar-refractivity contribution in [1.29, 1.82) is 5.41 Å².